The summed E-state index contributed by atoms with van der Waals surface area (Å²) in [6, 6.07) is 8.06. The van der Waals surface area contributed by atoms with Crippen LogP contribution >= 0.6 is 0 Å². The van der Waals surface area contributed by atoms with Gasteiger partial charge in [0.2, 0.25) is 5.91 Å². The molecule has 2 fully saturated rings. The molecule has 0 atom stereocenters. The molecule has 2 amide bonds. The number of benzene rings is 1. The fraction of sp³-hybridized carbons (Fsp3) is 0.523. The van der Waals surface area contributed by atoms with Crippen molar-refractivity contribution in [2.75, 3.05) is 37.1 Å². The number of carboxylic acids is 1. The lowest BCUT2D eigenvalue weighted by Crippen LogP contribution is -2.30. The Morgan fingerprint density at radius 2 is 1.21 bits per heavy atom. The number of nitrogens with one attached hydrogen (secondary N) is 4. The van der Waals surface area contributed by atoms with Gasteiger partial charge in [0, 0.05) is 99.2 Å². The van der Waals surface area contributed by atoms with Crippen LogP contribution in [0.2, 0.25) is 0 Å². The molecule has 0 radical (unpaired) electrons. The van der Waals surface area contributed by atoms with Crippen molar-refractivity contribution >= 4 is 51.2 Å². The van der Waals surface area contributed by atoms with Gasteiger partial charge in [-0.3, -0.25) is 9.59 Å². The number of ether oxygens (including phenoxy) is 2. The van der Waals surface area contributed by atoms with Crippen LogP contribution in [0, 0.1) is 0 Å². The Morgan fingerprint density at radius 1 is 0.746 bits per heavy atom. The van der Waals surface area contributed by atoms with Crippen LogP contribution in [0.25, 0.3) is 22.1 Å². The zero-order valence-corrected chi connectivity index (χ0v) is 36.2. The molecular formula is C44H57F3N10O6. The SMILES string of the molecule is CCc1nc2c(cnn2CC)c(NC2CCOCC2)c1CNC(=O)CCc1ccccc1C(=O)NCc1c(CC)nc2c(cnn2CC)c1NC1CCOCC1.O=C(O)C(F)(F)F. The van der Waals surface area contributed by atoms with Gasteiger partial charge < -0.3 is 35.8 Å². The summed E-state index contributed by atoms with van der Waals surface area (Å²) in [4.78, 5) is 46.3. The first-order valence-electron chi connectivity index (χ1n) is 21.7. The van der Waals surface area contributed by atoms with E-state index in [-0.39, 0.29) is 30.3 Å². The van der Waals surface area contributed by atoms with Gasteiger partial charge in [-0.25, -0.2) is 24.1 Å². The van der Waals surface area contributed by atoms with E-state index >= 15 is 0 Å². The molecule has 6 heterocycles. The van der Waals surface area contributed by atoms with Crippen LogP contribution in [-0.4, -0.2) is 97.1 Å². The van der Waals surface area contributed by atoms with Crippen LogP contribution in [-0.2, 0) is 64.5 Å². The van der Waals surface area contributed by atoms with Gasteiger partial charge in [0.05, 0.1) is 34.5 Å². The molecule has 7 rings (SSSR count). The highest BCUT2D eigenvalue weighted by atomic mass is 19.4. The third-order valence-corrected chi connectivity index (χ3v) is 11.4. The first-order valence-corrected chi connectivity index (χ1v) is 21.7. The number of aromatic nitrogens is 6. The molecule has 16 nitrogen and oxygen atoms in total. The van der Waals surface area contributed by atoms with Crippen molar-refractivity contribution in [3.63, 3.8) is 0 Å². The maximum absolute atomic E-state index is 13.9. The summed E-state index contributed by atoms with van der Waals surface area (Å²) in [7, 11) is 0. The smallest absolute Gasteiger partial charge is 0.475 e. The molecular weight excluding hydrogens is 822 g/mol. The maximum atomic E-state index is 13.9. The number of rotatable bonds is 16. The first kappa shape index (κ1) is 46.7. The fourth-order valence-corrected chi connectivity index (χ4v) is 7.95. The largest absolute Gasteiger partial charge is 0.490 e. The second kappa shape index (κ2) is 21.5. The number of nitrogens with zero attached hydrogens (tertiary/aromatic N) is 6. The van der Waals surface area contributed by atoms with E-state index in [9.17, 15) is 22.8 Å². The van der Waals surface area contributed by atoms with E-state index in [0.29, 0.717) is 51.3 Å². The molecule has 0 saturated carbocycles. The number of anilines is 2. The van der Waals surface area contributed by atoms with Gasteiger partial charge in [0.25, 0.3) is 5.91 Å². The number of aryl methyl sites for hydroxylation is 5. The number of carboxylic acid groups (broad SMARTS) is 1. The van der Waals surface area contributed by atoms with Gasteiger partial charge in [-0.1, -0.05) is 32.0 Å². The number of fused-ring (bicyclic) bond motifs is 2. The zero-order chi connectivity index (χ0) is 45.1. The number of carbonyl (C=O) groups excluding carboxylic acids is 2. The summed E-state index contributed by atoms with van der Waals surface area (Å²) in [5.74, 6) is -3.03. The normalized spacial score (nSPS) is 14.9. The minimum atomic E-state index is -5.08. The lowest BCUT2D eigenvalue weighted by atomic mass is 10.0. The number of carbonyl (C=O) groups is 3. The lowest BCUT2D eigenvalue weighted by molar-refractivity contribution is -0.192. The summed E-state index contributed by atoms with van der Waals surface area (Å²) in [6.07, 6.45) is 4.40. The number of alkyl halides is 3. The minimum Gasteiger partial charge on any atom is -0.475 e. The maximum Gasteiger partial charge on any atom is 0.490 e. The average Bonchev–Trinajstić information content (AvgIpc) is 3.91. The van der Waals surface area contributed by atoms with Gasteiger partial charge in [-0.15, -0.1) is 0 Å². The molecule has 5 N–H and O–H groups in total. The molecule has 0 spiro atoms. The summed E-state index contributed by atoms with van der Waals surface area (Å²) < 4.78 is 46.8. The highest BCUT2D eigenvalue weighted by Crippen LogP contribution is 2.33. The van der Waals surface area contributed by atoms with E-state index in [0.717, 1.165) is 113 Å². The van der Waals surface area contributed by atoms with Crippen LogP contribution in [0.4, 0.5) is 24.5 Å². The standard InChI is InChI=1S/C42H56N10O4.C2HF3O2/c1-5-35-31(38(47-28-15-19-55-20-16-28)33-25-45-51(7-3)40(33)49-35)23-43-37(53)14-13-27-11-9-10-12-30(27)42(54)44-24-32-36(6-2)50-41-34(26-46-52(41)8-4)39(32)48-29-17-21-56-22-18-29;3-2(4,5)1(6)7/h9-12,25-26,28-29H,5-8,13-24H2,1-4H3,(H,43,53)(H,44,54)(H,47,49)(H,48,50);(H,6,7). The topological polar surface area (TPSA) is 199 Å². The van der Waals surface area contributed by atoms with Gasteiger partial charge in [0.1, 0.15) is 0 Å². The Kier molecular flexibility index (Phi) is 15.9. The molecule has 19 heteroatoms. The predicted octanol–water partition coefficient (Wildman–Crippen LogP) is 6.33. The van der Waals surface area contributed by atoms with E-state index in [1.807, 2.05) is 46.0 Å². The molecule has 0 unspecified atom stereocenters. The molecule has 2 saturated heterocycles. The highest BCUT2D eigenvalue weighted by Gasteiger charge is 2.38. The van der Waals surface area contributed by atoms with Crippen molar-refractivity contribution in [3.8, 4) is 0 Å². The van der Waals surface area contributed by atoms with E-state index in [1.165, 1.54) is 0 Å². The predicted molar refractivity (Wildman–Crippen MR) is 232 cm³/mol. The number of pyridine rings is 2. The van der Waals surface area contributed by atoms with Crippen LogP contribution in [0.15, 0.2) is 36.7 Å². The summed E-state index contributed by atoms with van der Waals surface area (Å²) >= 11 is 0. The monoisotopic (exact) mass is 878 g/mol. The van der Waals surface area contributed by atoms with Crippen molar-refractivity contribution < 1.29 is 42.1 Å². The first-order chi connectivity index (χ1) is 30.4. The van der Waals surface area contributed by atoms with E-state index < -0.39 is 12.1 Å². The second-order valence-corrected chi connectivity index (χ2v) is 15.4. The lowest BCUT2D eigenvalue weighted by Gasteiger charge is -2.26. The molecule has 1 aromatic carbocycles. The van der Waals surface area contributed by atoms with Crippen molar-refractivity contribution in [2.45, 2.75) is 124 Å². The fourth-order valence-electron chi connectivity index (χ4n) is 7.95. The summed E-state index contributed by atoms with van der Waals surface area (Å²) in [5.41, 5.74) is 8.88. The molecule has 5 aromatic rings. The van der Waals surface area contributed by atoms with Crippen molar-refractivity contribution in [1.82, 2.24) is 40.2 Å². The Labute approximate surface area is 363 Å². The zero-order valence-electron chi connectivity index (χ0n) is 36.2. The molecule has 4 aromatic heterocycles. The Hall–Kier alpha value is -5.82. The van der Waals surface area contributed by atoms with Gasteiger partial charge in [-0.2, -0.15) is 23.4 Å². The average molecular weight is 879 g/mol. The summed E-state index contributed by atoms with van der Waals surface area (Å²) in [6.45, 7) is 13.3. The number of hydrogen-bond acceptors (Lipinski definition) is 11. The van der Waals surface area contributed by atoms with Gasteiger partial charge in [-0.05, 0) is 70.4 Å². The Bertz CT molecular complexity index is 2370. The molecule has 63 heavy (non-hydrogen) atoms. The van der Waals surface area contributed by atoms with Crippen LogP contribution in [0.5, 0.6) is 0 Å². The van der Waals surface area contributed by atoms with Gasteiger partial charge in [0.15, 0.2) is 11.3 Å². The van der Waals surface area contributed by atoms with Crippen LogP contribution < -0.4 is 21.3 Å². The molecule has 0 bridgehead atoms. The van der Waals surface area contributed by atoms with Gasteiger partial charge >= 0.3 is 12.1 Å². The Balaban J connectivity index is 0.000000871. The van der Waals surface area contributed by atoms with E-state index in [4.69, 9.17) is 29.3 Å². The number of halogens is 3. The van der Waals surface area contributed by atoms with Crippen molar-refractivity contribution in [2.24, 2.45) is 0 Å². The number of aliphatic carboxylic acids is 1. The number of amides is 2. The number of hydrogen-bond donors (Lipinski definition) is 5. The highest BCUT2D eigenvalue weighted by molar-refractivity contribution is 5.97. The van der Waals surface area contributed by atoms with E-state index in [2.05, 4.69) is 59.2 Å². The third kappa shape index (κ3) is 11.4. The van der Waals surface area contributed by atoms with Crippen molar-refractivity contribution in [1.29, 1.82) is 0 Å². The second-order valence-electron chi connectivity index (χ2n) is 15.4. The molecule has 0 aliphatic carbocycles. The van der Waals surface area contributed by atoms with Crippen molar-refractivity contribution in [3.05, 3.63) is 70.3 Å². The quantitative estimate of drug-likeness (QED) is 0.0739. The van der Waals surface area contributed by atoms with Crippen LogP contribution in [0.3, 0.4) is 0 Å². The summed E-state index contributed by atoms with van der Waals surface area (Å²) in [5, 5.41) is 32.2. The van der Waals surface area contributed by atoms with Crippen LogP contribution in [0.1, 0.15) is 98.2 Å². The van der Waals surface area contributed by atoms with E-state index in [1.54, 1.807) is 0 Å². The molecule has 2 aliphatic heterocycles. The third-order valence-electron chi connectivity index (χ3n) is 11.4. The Morgan fingerprint density at radius 3 is 1.65 bits per heavy atom. The molecule has 340 valence electrons. The minimum absolute atomic E-state index is 0.0907. The molecule has 2 aliphatic rings.